The highest BCUT2D eigenvalue weighted by molar-refractivity contribution is 5.66. The van der Waals surface area contributed by atoms with Gasteiger partial charge in [-0.05, 0) is 19.3 Å². The predicted octanol–water partition coefficient (Wildman–Crippen LogP) is 0.337. The fraction of sp³-hybridized carbons (Fsp3) is 0.556. The van der Waals surface area contributed by atoms with Gasteiger partial charge in [0.15, 0.2) is 0 Å². The molecule has 1 aliphatic rings. The number of nitrogens with zero attached hydrogens (tertiary/aromatic N) is 2. The molecule has 76 valence electrons. The molecule has 14 heavy (non-hydrogen) atoms. The molecule has 0 saturated carbocycles. The molecule has 0 aliphatic heterocycles. The van der Waals surface area contributed by atoms with E-state index in [1.807, 2.05) is 0 Å². The van der Waals surface area contributed by atoms with Gasteiger partial charge >= 0.3 is 5.97 Å². The predicted molar refractivity (Wildman–Crippen MR) is 47.8 cm³/mol. The third-order valence-electron chi connectivity index (χ3n) is 2.52. The quantitative estimate of drug-likeness (QED) is 0.715. The van der Waals surface area contributed by atoms with Gasteiger partial charge in [-0.3, -0.25) is 9.48 Å². The second-order valence-corrected chi connectivity index (χ2v) is 3.51. The van der Waals surface area contributed by atoms with Gasteiger partial charge in [-0.25, -0.2) is 0 Å². The van der Waals surface area contributed by atoms with E-state index in [1.54, 1.807) is 6.20 Å². The molecular weight excluding hydrogens is 184 g/mol. The minimum atomic E-state index is -0.907. The first-order chi connectivity index (χ1) is 6.68. The summed E-state index contributed by atoms with van der Waals surface area (Å²) in [6, 6.07) is 0. The number of aromatic nitrogens is 2. The van der Waals surface area contributed by atoms with E-state index in [1.165, 1.54) is 4.68 Å². The van der Waals surface area contributed by atoms with Crippen molar-refractivity contribution in [3.63, 3.8) is 0 Å². The first-order valence-corrected chi connectivity index (χ1v) is 4.63. The third-order valence-corrected chi connectivity index (χ3v) is 2.52. The molecule has 1 aliphatic carbocycles. The molecule has 2 N–H and O–H groups in total. The van der Waals surface area contributed by atoms with Crippen molar-refractivity contribution >= 4 is 5.97 Å². The summed E-state index contributed by atoms with van der Waals surface area (Å²) in [6.45, 7) is -0.123. The lowest BCUT2D eigenvalue weighted by Crippen LogP contribution is -2.16. The average molecular weight is 196 g/mol. The first kappa shape index (κ1) is 9.21. The molecule has 1 aromatic rings. The normalized spacial score (nSPS) is 20.5. The smallest absolute Gasteiger partial charge is 0.325 e. The van der Waals surface area contributed by atoms with E-state index in [0.29, 0.717) is 0 Å². The summed E-state index contributed by atoms with van der Waals surface area (Å²) in [5.74, 6) is -0.907. The molecule has 1 atom stereocenters. The number of hydrogen-bond acceptors (Lipinski definition) is 3. The molecule has 0 radical (unpaired) electrons. The van der Waals surface area contributed by atoms with Crippen LogP contribution in [0.2, 0.25) is 0 Å². The fourth-order valence-electron chi connectivity index (χ4n) is 1.86. The molecule has 0 fully saturated rings. The average Bonchev–Trinajstić information content (AvgIpc) is 2.49. The lowest BCUT2D eigenvalue weighted by atomic mass is 9.95. The standard InChI is InChI=1S/C9H12N2O3/c12-8-3-1-2-7-6(8)4-10-11(7)5-9(13)14/h4,8,12H,1-3,5H2,(H,13,14)/t8-/m0/s1. The minimum Gasteiger partial charge on any atom is -0.480 e. The van der Waals surface area contributed by atoms with Crippen molar-refractivity contribution in [3.05, 3.63) is 17.5 Å². The van der Waals surface area contributed by atoms with Crippen LogP contribution in [-0.2, 0) is 17.8 Å². The van der Waals surface area contributed by atoms with E-state index in [0.717, 1.165) is 30.5 Å². The van der Waals surface area contributed by atoms with Crippen molar-refractivity contribution in [2.45, 2.75) is 31.9 Å². The molecule has 0 aromatic carbocycles. The Hall–Kier alpha value is -1.36. The summed E-state index contributed by atoms with van der Waals surface area (Å²) in [5.41, 5.74) is 1.66. The van der Waals surface area contributed by atoms with Crippen LogP contribution in [0.5, 0.6) is 0 Å². The van der Waals surface area contributed by atoms with Gasteiger partial charge in [-0.2, -0.15) is 5.10 Å². The lowest BCUT2D eigenvalue weighted by Gasteiger charge is -2.17. The van der Waals surface area contributed by atoms with Crippen molar-refractivity contribution in [2.75, 3.05) is 0 Å². The van der Waals surface area contributed by atoms with E-state index in [-0.39, 0.29) is 6.54 Å². The zero-order valence-electron chi connectivity index (χ0n) is 7.68. The van der Waals surface area contributed by atoms with E-state index < -0.39 is 12.1 Å². The molecule has 2 rings (SSSR count). The van der Waals surface area contributed by atoms with Gasteiger partial charge in [0.25, 0.3) is 0 Å². The molecule has 0 amide bonds. The topological polar surface area (TPSA) is 75.3 Å². The maximum absolute atomic E-state index is 10.5. The Bertz CT molecular complexity index is 359. The summed E-state index contributed by atoms with van der Waals surface area (Å²) >= 11 is 0. The SMILES string of the molecule is O=C(O)Cn1ncc2c1CCC[C@@H]2O. The highest BCUT2D eigenvalue weighted by Gasteiger charge is 2.22. The van der Waals surface area contributed by atoms with Gasteiger partial charge in [0.05, 0.1) is 12.3 Å². The van der Waals surface area contributed by atoms with E-state index in [4.69, 9.17) is 5.11 Å². The highest BCUT2D eigenvalue weighted by Crippen LogP contribution is 2.28. The van der Waals surface area contributed by atoms with Gasteiger partial charge in [0, 0.05) is 11.3 Å². The summed E-state index contributed by atoms with van der Waals surface area (Å²) in [7, 11) is 0. The van der Waals surface area contributed by atoms with Crippen molar-refractivity contribution in [3.8, 4) is 0 Å². The Morgan fingerprint density at radius 3 is 3.21 bits per heavy atom. The number of aliphatic carboxylic acids is 1. The second-order valence-electron chi connectivity index (χ2n) is 3.51. The molecule has 0 spiro atoms. The van der Waals surface area contributed by atoms with E-state index >= 15 is 0 Å². The molecule has 0 saturated heterocycles. The fourth-order valence-corrected chi connectivity index (χ4v) is 1.86. The molecule has 1 aromatic heterocycles. The maximum atomic E-state index is 10.5. The van der Waals surface area contributed by atoms with Crippen molar-refractivity contribution < 1.29 is 15.0 Å². The van der Waals surface area contributed by atoms with Crippen LogP contribution in [0.4, 0.5) is 0 Å². The molecule has 5 nitrogen and oxygen atoms in total. The van der Waals surface area contributed by atoms with Gasteiger partial charge in [0.1, 0.15) is 6.54 Å². The van der Waals surface area contributed by atoms with Crippen LogP contribution in [-0.4, -0.2) is 26.0 Å². The monoisotopic (exact) mass is 196 g/mol. The minimum absolute atomic E-state index is 0.123. The van der Waals surface area contributed by atoms with Crippen LogP contribution in [0.1, 0.15) is 30.2 Å². The number of aliphatic hydroxyl groups excluding tert-OH is 1. The highest BCUT2D eigenvalue weighted by atomic mass is 16.4. The van der Waals surface area contributed by atoms with Crippen LogP contribution in [0.25, 0.3) is 0 Å². The molecule has 1 heterocycles. The Labute approximate surface area is 81.0 Å². The zero-order chi connectivity index (χ0) is 10.1. The van der Waals surface area contributed by atoms with Crippen LogP contribution >= 0.6 is 0 Å². The molecule has 0 bridgehead atoms. The van der Waals surface area contributed by atoms with Gasteiger partial charge in [-0.1, -0.05) is 0 Å². The Morgan fingerprint density at radius 2 is 2.50 bits per heavy atom. The number of carboxylic acids is 1. The largest absolute Gasteiger partial charge is 0.480 e. The van der Waals surface area contributed by atoms with Crippen molar-refractivity contribution in [1.29, 1.82) is 0 Å². The third kappa shape index (κ3) is 1.50. The zero-order valence-corrected chi connectivity index (χ0v) is 7.68. The number of rotatable bonds is 2. The van der Waals surface area contributed by atoms with Crippen LogP contribution < -0.4 is 0 Å². The molecule has 0 unspecified atom stereocenters. The van der Waals surface area contributed by atoms with Crippen LogP contribution in [0, 0.1) is 0 Å². The number of hydrogen-bond donors (Lipinski definition) is 2. The number of fused-ring (bicyclic) bond motifs is 1. The van der Waals surface area contributed by atoms with Gasteiger partial charge < -0.3 is 10.2 Å². The Kier molecular flexibility index (Phi) is 2.25. The summed E-state index contributed by atoms with van der Waals surface area (Å²) in [6.07, 6.45) is 3.54. The van der Waals surface area contributed by atoms with E-state index in [2.05, 4.69) is 5.10 Å². The number of aliphatic hydroxyl groups is 1. The second kappa shape index (κ2) is 3.42. The molecule has 5 heteroatoms. The first-order valence-electron chi connectivity index (χ1n) is 4.63. The van der Waals surface area contributed by atoms with Crippen LogP contribution in [0.15, 0.2) is 6.20 Å². The van der Waals surface area contributed by atoms with Crippen molar-refractivity contribution in [1.82, 2.24) is 9.78 Å². The van der Waals surface area contributed by atoms with Gasteiger partial charge in [0.2, 0.25) is 0 Å². The van der Waals surface area contributed by atoms with Crippen LogP contribution in [0.3, 0.4) is 0 Å². The Morgan fingerprint density at radius 1 is 1.71 bits per heavy atom. The summed E-state index contributed by atoms with van der Waals surface area (Å²) in [4.78, 5) is 10.5. The van der Waals surface area contributed by atoms with Crippen molar-refractivity contribution in [2.24, 2.45) is 0 Å². The van der Waals surface area contributed by atoms with E-state index in [9.17, 15) is 9.90 Å². The lowest BCUT2D eigenvalue weighted by molar-refractivity contribution is -0.137. The maximum Gasteiger partial charge on any atom is 0.325 e. The number of carbonyl (C=O) groups is 1. The number of carboxylic acid groups (broad SMARTS) is 1. The van der Waals surface area contributed by atoms with Gasteiger partial charge in [-0.15, -0.1) is 0 Å². The summed E-state index contributed by atoms with van der Waals surface area (Å²) < 4.78 is 1.46. The summed E-state index contributed by atoms with van der Waals surface area (Å²) in [5, 5.41) is 22.2. The molecular formula is C9H12N2O3. The Balaban J connectivity index is 2.31.